The molecule has 16 heavy (non-hydrogen) atoms. The maximum Gasteiger partial charge on any atom is 0.0736 e. The molecule has 0 spiro atoms. The highest BCUT2D eigenvalue weighted by atomic mass is 32.8. The van der Waals surface area contributed by atoms with Gasteiger partial charge < -0.3 is 0 Å². The smallest absolute Gasteiger partial charge is 0.0736 e. The second-order valence-corrected chi connectivity index (χ2v) is 3.36. The number of hydrogen-bond donors (Lipinski definition) is 0. The molecule has 0 aliphatic heterocycles. The summed E-state index contributed by atoms with van der Waals surface area (Å²) in [5.41, 5.74) is 3.01. The highest BCUT2D eigenvalue weighted by molar-refractivity contribution is 8.07. The Bertz CT molecular complexity index is 676. The van der Waals surface area contributed by atoms with Crippen molar-refractivity contribution in [3.8, 4) is 11.3 Å². The molecule has 3 heteroatoms. The molecule has 0 radical (unpaired) electrons. The van der Waals surface area contributed by atoms with Crippen LogP contribution in [0.4, 0.5) is 0 Å². The summed E-state index contributed by atoms with van der Waals surface area (Å²) in [6, 6.07) is 3.57. The van der Waals surface area contributed by atoms with Crippen LogP contribution in [0.25, 0.3) is 11.3 Å². The first-order chi connectivity index (χ1) is 9.61. The topological polar surface area (TPSA) is 12.9 Å². The first-order valence-electron chi connectivity index (χ1n) is 6.81. The molecule has 1 heterocycles. The monoisotopic (exact) mass is 249 g/mol. The predicted molar refractivity (Wildman–Crippen MR) is 71.8 cm³/mol. The van der Waals surface area contributed by atoms with E-state index >= 15 is 0 Å². The van der Waals surface area contributed by atoms with Gasteiger partial charge in [0.25, 0.3) is 0 Å². The molecule has 0 bridgehead atoms. The largest absolute Gasteiger partial charge is 0.256 e. The van der Waals surface area contributed by atoms with Crippen molar-refractivity contribution >= 4 is 22.4 Å². The molecular formula is C13H11NS2. The Hall–Kier alpha value is -1.19. The molecule has 0 amide bonds. The van der Waals surface area contributed by atoms with Crippen molar-refractivity contribution in [1.29, 1.82) is 0 Å². The molecule has 1 aromatic carbocycles. The summed E-state index contributed by atoms with van der Waals surface area (Å²) in [5.74, 6) is 0. The Balaban J connectivity index is 0.000000704. The molecule has 0 fully saturated rings. The van der Waals surface area contributed by atoms with Gasteiger partial charge in [0.05, 0.1) is 11.2 Å². The number of benzene rings is 1. The fraction of sp³-hybridized carbons (Fsp3) is 0.154. The highest BCUT2D eigenvalue weighted by Gasteiger charge is 2.15. The molecule has 1 aliphatic rings. The summed E-state index contributed by atoms with van der Waals surface area (Å²) < 4.78 is 31.4. The van der Waals surface area contributed by atoms with E-state index in [4.69, 9.17) is 5.48 Å². The van der Waals surface area contributed by atoms with E-state index in [1.165, 1.54) is 0 Å². The van der Waals surface area contributed by atoms with Crippen LogP contribution < -0.4 is 0 Å². The summed E-state index contributed by atoms with van der Waals surface area (Å²) in [5, 5.41) is 0. The van der Waals surface area contributed by atoms with Crippen LogP contribution in [0.2, 0.25) is 0 Å². The van der Waals surface area contributed by atoms with Gasteiger partial charge in [0.1, 0.15) is 0 Å². The number of hydrogen-bond acceptors (Lipinski definition) is 3. The minimum atomic E-state index is -0.183. The minimum Gasteiger partial charge on any atom is -0.256 e. The Morgan fingerprint density at radius 3 is 2.75 bits per heavy atom. The Morgan fingerprint density at radius 1 is 1.12 bits per heavy atom. The number of aryl methyl sites for hydroxylation is 1. The average molecular weight is 249 g/mol. The Morgan fingerprint density at radius 2 is 1.88 bits per heavy atom. The molecule has 0 atom stereocenters. The van der Waals surface area contributed by atoms with Crippen molar-refractivity contribution in [1.82, 2.24) is 4.98 Å². The van der Waals surface area contributed by atoms with Crippen LogP contribution in [0.3, 0.4) is 0 Å². The van der Waals surface area contributed by atoms with Crippen molar-refractivity contribution in [3.05, 3.63) is 53.6 Å². The second-order valence-electron chi connectivity index (χ2n) is 3.36. The summed E-state index contributed by atoms with van der Waals surface area (Å²) in [6.07, 6.45) is 3.08. The lowest BCUT2D eigenvalue weighted by molar-refractivity contribution is 0.927. The normalized spacial score (nSPS) is 15.2. The molecule has 0 unspecified atom stereocenters. The summed E-state index contributed by atoms with van der Waals surface area (Å²) in [6.45, 7) is 0. The first kappa shape index (κ1) is 7.20. The van der Waals surface area contributed by atoms with Crippen LogP contribution in [0.15, 0.2) is 42.5 Å². The average Bonchev–Trinajstić information content (AvgIpc) is 2.51. The van der Waals surface area contributed by atoms with E-state index in [2.05, 4.69) is 27.4 Å². The lowest BCUT2D eigenvalue weighted by Gasteiger charge is -2.17. The third-order valence-corrected chi connectivity index (χ3v) is 2.54. The number of aromatic nitrogens is 1. The van der Waals surface area contributed by atoms with E-state index in [0.717, 1.165) is 12.0 Å². The van der Waals surface area contributed by atoms with Crippen LogP contribution in [0.5, 0.6) is 0 Å². The fourth-order valence-electron chi connectivity index (χ4n) is 1.85. The summed E-state index contributed by atoms with van der Waals surface area (Å²) >= 11 is 7.33. The summed E-state index contributed by atoms with van der Waals surface area (Å²) in [7, 11) is 0. The molecule has 1 nitrogen and oxygen atoms in total. The SMILES string of the molecule is S=S.[2H]c1c([2H])c([2H])c2c(c1[2H])CCc1cccnc1-2. The van der Waals surface area contributed by atoms with Crippen LogP contribution in [-0.4, -0.2) is 4.98 Å². The fourth-order valence-corrected chi connectivity index (χ4v) is 1.85. The molecule has 1 aliphatic carbocycles. The van der Waals surface area contributed by atoms with Gasteiger partial charge in [-0.25, -0.2) is 0 Å². The van der Waals surface area contributed by atoms with Crippen molar-refractivity contribution in [2.24, 2.45) is 0 Å². The predicted octanol–water partition coefficient (Wildman–Crippen LogP) is 2.84. The summed E-state index contributed by atoms with van der Waals surface area (Å²) in [4.78, 5) is 4.29. The number of nitrogens with zero attached hydrogens (tertiary/aromatic N) is 1. The maximum absolute atomic E-state index is 8.01. The van der Waals surface area contributed by atoms with Gasteiger partial charge in [-0.2, -0.15) is 0 Å². The molecule has 2 aromatic rings. The Kier molecular flexibility index (Phi) is 2.35. The van der Waals surface area contributed by atoms with E-state index in [1.54, 1.807) is 6.20 Å². The van der Waals surface area contributed by atoms with E-state index < -0.39 is 0 Å². The van der Waals surface area contributed by atoms with Crippen molar-refractivity contribution in [3.63, 3.8) is 0 Å². The zero-order valence-electron chi connectivity index (χ0n) is 12.4. The van der Waals surface area contributed by atoms with Gasteiger partial charge in [-0.1, -0.05) is 30.2 Å². The number of fused-ring (bicyclic) bond motifs is 3. The third kappa shape index (κ3) is 2.01. The van der Waals surface area contributed by atoms with Crippen LogP contribution in [0, 0.1) is 0 Å². The van der Waals surface area contributed by atoms with Crippen molar-refractivity contribution in [2.45, 2.75) is 12.8 Å². The van der Waals surface area contributed by atoms with Gasteiger partial charge in [-0.3, -0.25) is 4.98 Å². The van der Waals surface area contributed by atoms with Crippen LogP contribution in [-0.2, 0) is 35.2 Å². The third-order valence-electron chi connectivity index (χ3n) is 2.54. The molecule has 0 saturated carbocycles. The second kappa shape index (κ2) is 5.23. The van der Waals surface area contributed by atoms with Gasteiger partial charge in [0.2, 0.25) is 0 Å². The molecular weight excluding hydrogens is 234 g/mol. The quantitative estimate of drug-likeness (QED) is 0.712. The van der Waals surface area contributed by atoms with Crippen molar-refractivity contribution in [2.75, 3.05) is 0 Å². The number of pyridine rings is 1. The molecule has 80 valence electrons. The van der Waals surface area contributed by atoms with Crippen LogP contribution in [0.1, 0.15) is 16.6 Å². The standard InChI is InChI=1S/C13H11N.S2/c1-2-6-12-10(4-1)7-8-11-5-3-9-14-13(11)12;1-2/h1-6,9H,7-8H2;/i1D,2D,4D,6D;. The van der Waals surface area contributed by atoms with Crippen molar-refractivity contribution < 1.29 is 5.48 Å². The molecule has 0 saturated heterocycles. The zero-order chi connectivity index (χ0) is 14.9. The molecule has 1 aromatic heterocycles. The lowest BCUT2D eigenvalue weighted by atomic mass is 9.89. The van der Waals surface area contributed by atoms with E-state index in [1.807, 2.05) is 12.1 Å². The van der Waals surface area contributed by atoms with Gasteiger partial charge in [-0.05, 0) is 30.0 Å². The lowest BCUT2D eigenvalue weighted by Crippen LogP contribution is -2.04. The maximum atomic E-state index is 8.01. The zero-order valence-corrected chi connectivity index (χ0v) is 10.0. The number of rotatable bonds is 0. The highest BCUT2D eigenvalue weighted by Crippen LogP contribution is 2.30. The van der Waals surface area contributed by atoms with E-state index in [0.29, 0.717) is 23.2 Å². The van der Waals surface area contributed by atoms with Crippen LogP contribution >= 0.6 is 0 Å². The van der Waals surface area contributed by atoms with Gasteiger partial charge >= 0.3 is 0 Å². The molecule has 0 N–H and O–H groups in total. The minimum absolute atomic E-state index is 0.0191. The van der Waals surface area contributed by atoms with Gasteiger partial charge in [0, 0.05) is 34.1 Å². The molecule has 3 rings (SSSR count). The van der Waals surface area contributed by atoms with E-state index in [9.17, 15) is 0 Å². The Labute approximate surface area is 111 Å². The first-order valence-corrected chi connectivity index (χ1v) is 6.14. The van der Waals surface area contributed by atoms with E-state index in [-0.39, 0.29) is 24.2 Å². The van der Waals surface area contributed by atoms with Gasteiger partial charge in [-0.15, -0.1) is 0 Å². The van der Waals surface area contributed by atoms with Gasteiger partial charge in [0.15, 0.2) is 0 Å².